The molecule has 1 heteroatoms. The van der Waals surface area contributed by atoms with Crippen molar-refractivity contribution in [3.8, 4) is 0 Å². The molecule has 0 saturated carbocycles. The van der Waals surface area contributed by atoms with Gasteiger partial charge in [-0.3, -0.25) is 0 Å². The van der Waals surface area contributed by atoms with Gasteiger partial charge in [-0.15, -0.1) is 0 Å². The lowest BCUT2D eigenvalue weighted by Gasteiger charge is -2.33. The van der Waals surface area contributed by atoms with Gasteiger partial charge in [-0.2, -0.15) is 0 Å². The summed E-state index contributed by atoms with van der Waals surface area (Å²) >= 11 is 0. The number of benzene rings is 1. The van der Waals surface area contributed by atoms with Crippen LogP contribution in [-0.4, -0.2) is 5.54 Å². The van der Waals surface area contributed by atoms with E-state index >= 15 is 0 Å². The van der Waals surface area contributed by atoms with Crippen LogP contribution in [0.1, 0.15) is 45.2 Å². The Morgan fingerprint density at radius 3 is 2.07 bits per heavy atom. The predicted molar refractivity (Wildman–Crippen MR) is 67.1 cm³/mol. The standard InChI is InChI=1S/C14H23N/c1-11-8-6-7-9-12(11)13(2,3)10-14(4,5)15/h6-9H,10,15H2,1-5H3. The molecule has 0 aliphatic heterocycles. The van der Waals surface area contributed by atoms with Crippen LogP contribution in [0, 0.1) is 6.92 Å². The topological polar surface area (TPSA) is 26.0 Å². The van der Waals surface area contributed by atoms with Crippen LogP contribution in [0.3, 0.4) is 0 Å². The Labute approximate surface area is 93.7 Å². The Kier molecular flexibility index (Phi) is 3.25. The largest absolute Gasteiger partial charge is 0.326 e. The summed E-state index contributed by atoms with van der Waals surface area (Å²) in [4.78, 5) is 0. The Morgan fingerprint density at radius 1 is 1.07 bits per heavy atom. The second-order valence-electron chi connectivity index (χ2n) is 5.86. The van der Waals surface area contributed by atoms with Crippen LogP contribution in [0.4, 0.5) is 0 Å². The third-order valence-electron chi connectivity index (χ3n) is 2.77. The molecule has 84 valence electrons. The van der Waals surface area contributed by atoms with Crippen LogP contribution in [0.15, 0.2) is 24.3 Å². The molecule has 0 atom stereocenters. The molecule has 1 aromatic rings. The first-order valence-electron chi connectivity index (χ1n) is 5.57. The fourth-order valence-electron chi connectivity index (χ4n) is 2.57. The van der Waals surface area contributed by atoms with Gasteiger partial charge in [-0.1, -0.05) is 38.1 Å². The van der Waals surface area contributed by atoms with Gasteiger partial charge in [0, 0.05) is 5.54 Å². The fourth-order valence-corrected chi connectivity index (χ4v) is 2.57. The van der Waals surface area contributed by atoms with Crippen LogP contribution in [0.5, 0.6) is 0 Å². The van der Waals surface area contributed by atoms with Crippen LogP contribution >= 0.6 is 0 Å². The molecule has 0 unspecified atom stereocenters. The number of hydrogen-bond acceptors (Lipinski definition) is 1. The minimum Gasteiger partial charge on any atom is -0.326 e. The molecule has 15 heavy (non-hydrogen) atoms. The third-order valence-corrected chi connectivity index (χ3v) is 2.77. The number of nitrogens with two attached hydrogens (primary N) is 1. The normalized spacial score (nSPS) is 12.9. The summed E-state index contributed by atoms with van der Waals surface area (Å²) in [6.45, 7) is 10.9. The van der Waals surface area contributed by atoms with Gasteiger partial charge in [-0.05, 0) is 43.7 Å². The van der Waals surface area contributed by atoms with Gasteiger partial charge in [0.2, 0.25) is 0 Å². The van der Waals surface area contributed by atoms with Gasteiger partial charge in [0.05, 0.1) is 0 Å². The van der Waals surface area contributed by atoms with E-state index in [1.165, 1.54) is 11.1 Å². The zero-order valence-electron chi connectivity index (χ0n) is 10.6. The summed E-state index contributed by atoms with van der Waals surface area (Å²) in [5.74, 6) is 0. The molecule has 1 aromatic carbocycles. The zero-order chi connectivity index (χ0) is 11.7. The van der Waals surface area contributed by atoms with Crippen LogP contribution in [0.2, 0.25) is 0 Å². The molecule has 0 heterocycles. The van der Waals surface area contributed by atoms with Crippen molar-refractivity contribution in [1.29, 1.82) is 0 Å². The summed E-state index contributed by atoms with van der Waals surface area (Å²) in [5.41, 5.74) is 8.89. The first-order valence-corrected chi connectivity index (χ1v) is 5.57. The summed E-state index contributed by atoms with van der Waals surface area (Å²) in [5, 5.41) is 0. The minimum atomic E-state index is -0.119. The average Bonchev–Trinajstić information content (AvgIpc) is 1.99. The first kappa shape index (κ1) is 12.3. The second-order valence-corrected chi connectivity index (χ2v) is 5.86. The van der Waals surface area contributed by atoms with Crippen molar-refractivity contribution in [2.45, 2.75) is 52.0 Å². The van der Waals surface area contributed by atoms with Gasteiger partial charge in [0.25, 0.3) is 0 Å². The average molecular weight is 205 g/mol. The highest BCUT2D eigenvalue weighted by Crippen LogP contribution is 2.32. The molecule has 0 amide bonds. The molecule has 1 nitrogen and oxygen atoms in total. The van der Waals surface area contributed by atoms with Crippen molar-refractivity contribution >= 4 is 0 Å². The fraction of sp³-hybridized carbons (Fsp3) is 0.571. The minimum absolute atomic E-state index is 0.119. The lowest BCUT2D eigenvalue weighted by Crippen LogP contribution is -2.39. The van der Waals surface area contributed by atoms with E-state index in [1.807, 2.05) is 0 Å². The van der Waals surface area contributed by atoms with E-state index in [2.05, 4.69) is 58.9 Å². The lowest BCUT2D eigenvalue weighted by molar-refractivity contribution is 0.349. The van der Waals surface area contributed by atoms with Crippen molar-refractivity contribution in [2.75, 3.05) is 0 Å². The molecule has 0 aromatic heterocycles. The summed E-state index contributed by atoms with van der Waals surface area (Å²) in [6.07, 6.45) is 0.991. The van der Waals surface area contributed by atoms with E-state index in [1.54, 1.807) is 0 Å². The molecule has 0 fully saturated rings. The monoisotopic (exact) mass is 205 g/mol. The molecule has 0 aliphatic carbocycles. The second kappa shape index (κ2) is 3.97. The Balaban J connectivity index is 3.01. The van der Waals surface area contributed by atoms with E-state index < -0.39 is 0 Å². The van der Waals surface area contributed by atoms with Crippen molar-refractivity contribution in [1.82, 2.24) is 0 Å². The Hall–Kier alpha value is -0.820. The van der Waals surface area contributed by atoms with E-state index in [0.717, 1.165) is 6.42 Å². The van der Waals surface area contributed by atoms with Crippen LogP contribution in [0.25, 0.3) is 0 Å². The predicted octanol–water partition coefficient (Wildman–Crippen LogP) is 3.40. The lowest BCUT2D eigenvalue weighted by atomic mass is 9.74. The Morgan fingerprint density at radius 2 is 1.60 bits per heavy atom. The first-order chi connectivity index (χ1) is 6.72. The van der Waals surface area contributed by atoms with Crippen molar-refractivity contribution in [2.24, 2.45) is 5.73 Å². The molecule has 0 saturated heterocycles. The molecule has 2 N–H and O–H groups in total. The maximum absolute atomic E-state index is 6.11. The quantitative estimate of drug-likeness (QED) is 0.804. The highest BCUT2D eigenvalue weighted by Gasteiger charge is 2.28. The highest BCUT2D eigenvalue weighted by molar-refractivity contribution is 5.32. The smallest absolute Gasteiger partial charge is 0.0105 e. The van der Waals surface area contributed by atoms with Gasteiger partial charge in [0.15, 0.2) is 0 Å². The van der Waals surface area contributed by atoms with Gasteiger partial charge in [-0.25, -0.2) is 0 Å². The third kappa shape index (κ3) is 3.35. The van der Waals surface area contributed by atoms with Crippen molar-refractivity contribution in [3.63, 3.8) is 0 Å². The van der Waals surface area contributed by atoms with Gasteiger partial charge in [0.1, 0.15) is 0 Å². The molecular formula is C14H23N. The molecule has 0 radical (unpaired) electrons. The molecule has 0 spiro atoms. The van der Waals surface area contributed by atoms with Crippen molar-refractivity contribution in [3.05, 3.63) is 35.4 Å². The summed E-state index contributed by atoms with van der Waals surface area (Å²) in [6, 6.07) is 8.57. The van der Waals surface area contributed by atoms with Gasteiger partial charge >= 0.3 is 0 Å². The SMILES string of the molecule is Cc1ccccc1C(C)(C)CC(C)(C)N. The molecule has 0 aliphatic rings. The molecular weight excluding hydrogens is 182 g/mol. The van der Waals surface area contributed by atoms with E-state index in [0.29, 0.717) is 0 Å². The zero-order valence-corrected chi connectivity index (χ0v) is 10.6. The van der Waals surface area contributed by atoms with E-state index in [4.69, 9.17) is 5.73 Å². The van der Waals surface area contributed by atoms with Crippen LogP contribution in [-0.2, 0) is 5.41 Å². The summed E-state index contributed by atoms with van der Waals surface area (Å²) < 4.78 is 0. The molecule has 0 bridgehead atoms. The number of aryl methyl sites for hydroxylation is 1. The maximum atomic E-state index is 6.11. The van der Waals surface area contributed by atoms with Crippen LogP contribution < -0.4 is 5.73 Å². The van der Waals surface area contributed by atoms with Gasteiger partial charge < -0.3 is 5.73 Å². The number of hydrogen-bond donors (Lipinski definition) is 1. The van der Waals surface area contributed by atoms with E-state index in [9.17, 15) is 0 Å². The maximum Gasteiger partial charge on any atom is 0.0105 e. The Bertz CT molecular complexity index is 331. The van der Waals surface area contributed by atoms with Crippen molar-refractivity contribution < 1.29 is 0 Å². The molecule has 1 rings (SSSR count). The van der Waals surface area contributed by atoms with E-state index in [-0.39, 0.29) is 11.0 Å². The summed E-state index contributed by atoms with van der Waals surface area (Å²) in [7, 11) is 0. The highest BCUT2D eigenvalue weighted by atomic mass is 14.7. The number of rotatable bonds is 3.